The Bertz CT molecular complexity index is 729. The summed E-state index contributed by atoms with van der Waals surface area (Å²) in [5.74, 6) is 1.02. The molecule has 0 radical (unpaired) electrons. The van der Waals surface area contributed by atoms with Gasteiger partial charge in [0.25, 0.3) is 0 Å². The zero-order chi connectivity index (χ0) is 17.1. The number of aromatic nitrogens is 2. The summed E-state index contributed by atoms with van der Waals surface area (Å²) in [5.41, 5.74) is 1.56. The largest absolute Gasteiger partial charge is 0.379 e. The van der Waals surface area contributed by atoms with Crippen molar-refractivity contribution in [3.05, 3.63) is 39.8 Å². The zero-order valence-corrected chi connectivity index (χ0v) is 14.9. The first-order chi connectivity index (χ1) is 12.3. The molecule has 1 saturated heterocycles. The first-order valence-electron chi connectivity index (χ1n) is 8.76. The van der Waals surface area contributed by atoms with E-state index in [-0.39, 0.29) is 11.7 Å². The molecule has 3 heterocycles. The van der Waals surface area contributed by atoms with Crippen LogP contribution < -0.4 is 5.32 Å². The van der Waals surface area contributed by atoms with Crippen LogP contribution in [0.25, 0.3) is 0 Å². The molecule has 0 bridgehead atoms. The summed E-state index contributed by atoms with van der Waals surface area (Å²) in [7, 11) is 0. The Morgan fingerprint density at radius 3 is 3.00 bits per heavy atom. The number of hydrogen-bond donors (Lipinski definition) is 1. The van der Waals surface area contributed by atoms with E-state index in [1.54, 1.807) is 17.5 Å². The van der Waals surface area contributed by atoms with Crippen LogP contribution in [-0.4, -0.2) is 60.0 Å². The van der Waals surface area contributed by atoms with Gasteiger partial charge in [-0.1, -0.05) is 6.07 Å². The summed E-state index contributed by atoms with van der Waals surface area (Å²) >= 11 is 1.71. The van der Waals surface area contributed by atoms with Gasteiger partial charge < -0.3 is 10.1 Å². The third kappa shape index (κ3) is 3.89. The number of rotatable bonds is 5. The minimum atomic E-state index is 0.152. The van der Waals surface area contributed by atoms with Crippen LogP contribution >= 0.6 is 11.3 Å². The van der Waals surface area contributed by atoms with E-state index in [9.17, 15) is 4.79 Å². The highest BCUT2D eigenvalue weighted by Crippen LogP contribution is 2.34. The van der Waals surface area contributed by atoms with Crippen LogP contribution in [0.15, 0.2) is 23.7 Å². The lowest BCUT2D eigenvalue weighted by atomic mass is 9.86. The fraction of sp³-hybridized carbons (Fsp3) is 0.500. The predicted molar refractivity (Wildman–Crippen MR) is 97.5 cm³/mol. The molecule has 0 aromatic carbocycles. The van der Waals surface area contributed by atoms with Gasteiger partial charge in [0.2, 0.25) is 5.95 Å². The molecule has 1 atom stereocenters. The number of morpholine rings is 1. The molecule has 0 amide bonds. The zero-order valence-electron chi connectivity index (χ0n) is 14.1. The molecular formula is C18H22N4O2S. The molecule has 6 nitrogen and oxygen atoms in total. The van der Waals surface area contributed by atoms with E-state index in [1.165, 1.54) is 4.88 Å². The third-order valence-corrected chi connectivity index (χ3v) is 5.83. The third-order valence-electron chi connectivity index (χ3n) is 4.80. The summed E-state index contributed by atoms with van der Waals surface area (Å²) in [5, 5.41) is 5.36. The van der Waals surface area contributed by atoms with Crippen molar-refractivity contribution in [2.75, 3.05) is 44.7 Å². The highest BCUT2D eigenvalue weighted by Gasteiger charge is 2.28. The number of ketones is 1. The second-order valence-electron chi connectivity index (χ2n) is 6.48. The number of carbonyl (C=O) groups is 1. The molecule has 0 saturated carbocycles. The molecule has 1 aliphatic carbocycles. The average molecular weight is 358 g/mol. The second kappa shape index (κ2) is 7.59. The Balaban J connectivity index is 1.40. The van der Waals surface area contributed by atoms with E-state index in [1.807, 2.05) is 6.07 Å². The Kier molecular flexibility index (Phi) is 5.05. The Labute approximate surface area is 151 Å². The molecule has 4 rings (SSSR count). The van der Waals surface area contributed by atoms with Crippen molar-refractivity contribution in [3.8, 4) is 0 Å². The Morgan fingerprint density at radius 2 is 2.20 bits per heavy atom. The number of ether oxygens (including phenoxy) is 1. The molecule has 2 aromatic heterocycles. The topological polar surface area (TPSA) is 67.4 Å². The highest BCUT2D eigenvalue weighted by atomic mass is 32.1. The molecule has 0 spiro atoms. The van der Waals surface area contributed by atoms with Gasteiger partial charge in [0.05, 0.1) is 24.5 Å². The van der Waals surface area contributed by atoms with Crippen LogP contribution in [0.3, 0.4) is 0 Å². The van der Waals surface area contributed by atoms with Crippen LogP contribution in [0.1, 0.15) is 33.3 Å². The van der Waals surface area contributed by atoms with Crippen molar-refractivity contribution in [2.24, 2.45) is 0 Å². The Hall–Kier alpha value is -1.83. The van der Waals surface area contributed by atoms with Gasteiger partial charge in [-0.05, 0) is 17.9 Å². The van der Waals surface area contributed by atoms with Crippen molar-refractivity contribution in [1.82, 2.24) is 14.9 Å². The molecule has 1 N–H and O–H groups in total. The van der Waals surface area contributed by atoms with E-state index >= 15 is 0 Å². The first kappa shape index (κ1) is 16.6. The Morgan fingerprint density at radius 1 is 1.32 bits per heavy atom. The fourth-order valence-electron chi connectivity index (χ4n) is 3.41. The number of hydrogen-bond acceptors (Lipinski definition) is 7. The van der Waals surface area contributed by atoms with Crippen molar-refractivity contribution < 1.29 is 9.53 Å². The van der Waals surface area contributed by atoms with Crippen LogP contribution in [0.5, 0.6) is 0 Å². The lowest BCUT2D eigenvalue weighted by Gasteiger charge is -2.26. The van der Waals surface area contributed by atoms with Crippen LogP contribution in [0.2, 0.25) is 0 Å². The molecule has 2 aliphatic rings. The van der Waals surface area contributed by atoms with Crippen molar-refractivity contribution >= 4 is 23.1 Å². The smallest absolute Gasteiger partial charge is 0.222 e. The second-order valence-corrected chi connectivity index (χ2v) is 7.46. The van der Waals surface area contributed by atoms with Gasteiger partial charge in [0.1, 0.15) is 0 Å². The number of thiophene rings is 1. The molecule has 1 aliphatic heterocycles. The quantitative estimate of drug-likeness (QED) is 0.884. The van der Waals surface area contributed by atoms with Gasteiger partial charge in [-0.3, -0.25) is 9.69 Å². The van der Waals surface area contributed by atoms with Crippen molar-refractivity contribution in [2.45, 2.75) is 18.8 Å². The van der Waals surface area contributed by atoms with Gasteiger partial charge in [-0.2, -0.15) is 0 Å². The summed E-state index contributed by atoms with van der Waals surface area (Å²) in [6.07, 6.45) is 3.05. The van der Waals surface area contributed by atoms with Crippen molar-refractivity contribution in [3.63, 3.8) is 0 Å². The number of Topliss-reactive ketones (excluding diaryl/α,β-unsaturated/α-hetero) is 1. The number of carbonyl (C=O) groups excluding carboxylic acids is 1. The summed E-state index contributed by atoms with van der Waals surface area (Å²) in [6, 6.07) is 4.15. The monoisotopic (exact) mass is 358 g/mol. The van der Waals surface area contributed by atoms with Crippen LogP contribution in [0, 0.1) is 0 Å². The van der Waals surface area contributed by atoms with Gasteiger partial charge in [0.15, 0.2) is 5.78 Å². The van der Waals surface area contributed by atoms with E-state index in [2.05, 4.69) is 31.6 Å². The molecule has 25 heavy (non-hydrogen) atoms. The molecule has 1 fully saturated rings. The minimum absolute atomic E-state index is 0.152. The number of nitrogens with one attached hydrogen (secondary N) is 1. The number of anilines is 1. The average Bonchev–Trinajstić information content (AvgIpc) is 3.17. The van der Waals surface area contributed by atoms with Crippen molar-refractivity contribution in [1.29, 1.82) is 0 Å². The minimum Gasteiger partial charge on any atom is -0.379 e. The molecule has 7 heteroatoms. The normalized spacial score (nSPS) is 21.1. The van der Waals surface area contributed by atoms with E-state index < -0.39 is 0 Å². The van der Waals surface area contributed by atoms with E-state index in [0.717, 1.165) is 51.5 Å². The molecule has 132 valence electrons. The summed E-state index contributed by atoms with van der Waals surface area (Å²) < 4.78 is 5.36. The lowest BCUT2D eigenvalue weighted by Crippen LogP contribution is -2.39. The van der Waals surface area contributed by atoms with Gasteiger partial charge in [-0.15, -0.1) is 11.3 Å². The lowest BCUT2D eigenvalue weighted by molar-refractivity contribution is 0.0398. The summed E-state index contributed by atoms with van der Waals surface area (Å²) in [4.78, 5) is 25.0. The molecular weight excluding hydrogens is 336 g/mol. The van der Waals surface area contributed by atoms with E-state index in [4.69, 9.17) is 4.74 Å². The standard InChI is InChI=1S/C18H22N4O2S/c23-16-11-13(17-2-1-9-25-17)10-15-14(16)12-20-18(21-15)19-3-4-22-5-7-24-8-6-22/h1-2,9,12-13H,3-8,10-11H2,(H,19,20,21). The van der Waals surface area contributed by atoms with Gasteiger partial charge in [0, 0.05) is 49.6 Å². The van der Waals surface area contributed by atoms with Gasteiger partial charge >= 0.3 is 0 Å². The summed E-state index contributed by atoms with van der Waals surface area (Å²) in [6.45, 7) is 5.30. The highest BCUT2D eigenvalue weighted by molar-refractivity contribution is 7.10. The first-order valence-corrected chi connectivity index (χ1v) is 9.64. The van der Waals surface area contributed by atoms with Crippen LogP contribution in [-0.2, 0) is 11.2 Å². The molecule has 1 unspecified atom stereocenters. The maximum absolute atomic E-state index is 12.4. The van der Waals surface area contributed by atoms with E-state index in [0.29, 0.717) is 17.9 Å². The number of fused-ring (bicyclic) bond motifs is 1. The SMILES string of the molecule is O=C1CC(c2cccs2)Cc2nc(NCCN3CCOCC3)ncc21. The van der Waals surface area contributed by atoms with Crippen LogP contribution in [0.4, 0.5) is 5.95 Å². The molecule has 2 aromatic rings. The van der Waals surface area contributed by atoms with Gasteiger partial charge in [-0.25, -0.2) is 9.97 Å². The fourth-order valence-corrected chi connectivity index (χ4v) is 4.24. The maximum Gasteiger partial charge on any atom is 0.222 e. The number of nitrogens with zero attached hydrogens (tertiary/aromatic N) is 3. The maximum atomic E-state index is 12.4. The predicted octanol–water partition coefficient (Wildman–Crippen LogP) is 2.19.